The van der Waals surface area contributed by atoms with Crippen molar-refractivity contribution in [3.8, 4) is 17.1 Å². The van der Waals surface area contributed by atoms with Gasteiger partial charge in [0.15, 0.2) is 0 Å². The van der Waals surface area contributed by atoms with Crippen LogP contribution < -0.4 is 4.74 Å². The molecule has 5 heteroatoms. The van der Waals surface area contributed by atoms with Crippen LogP contribution in [0.2, 0.25) is 0 Å². The first-order chi connectivity index (χ1) is 9.70. The number of pyridine rings is 1. The predicted molar refractivity (Wildman–Crippen MR) is 74.1 cm³/mol. The smallest absolute Gasteiger partial charge is 0.352 e. The van der Waals surface area contributed by atoms with E-state index in [1.54, 1.807) is 29.8 Å². The Morgan fingerprint density at radius 2 is 2.05 bits per heavy atom. The third-order valence-corrected chi connectivity index (χ3v) is 3.10. The summed E-state index contributed by atoms with van der Waals surface area (Å²) in [7, 11) is 1.59. The molecule has 0 radical (unpaired) electrons. The zero-order valence-corrected chi connectivity index (χ0v) is 10.8. The number of nitrogens with zero attached hydrogens (tertiary/aromatic N) is 2. The first kappa shape index (κ1) is 12.2. The van der Waals surface area contributed by atoms with Crippen molar-refractivity contribution in [2.45, 2.75) is 0 Å². The van der Waals surface area contributed by atoms with Gasteiger partial charge in [0.2, 0.25) is 0 Å². The topological polar surface area (TPSA) is 63.8 Å². The number of hydrogen-bond donors (Lipinski definition) is 1. The second-order valence-corrected chi connectivity index (χ2v) is 4.29. The van der Waals surface area contributed by atoms with Crippen LogP contribution in [-0.2, 0) is 0 Å². The summed E-state index contributed by atoms with van der Waals surface area (Å²) in [6, 6.07) is 12.5. The lowest BCUT2D eigenvalue weighted by Crippen LogP contribution is -2.05. The Labute approximate surface area is 115 Å². The maximum Gasteiger partial charge on any atom is 0.352 e. The van der Waals surface area contributed by atoms with Gasteiger partial charge in [-0.15, -0.1) is 0 Å². The molecule has 5 nitrogen and oxygen atoms in total. The van der Waals surface area contributed by atoms with Crippen LogP contribution in [0.4, 0.5) is 0 Å². The van der Waals surface area contributed by atoms with Crippen molar-refractivity contribution in [2.24, 2.45) is 0 Å². The number of carbonyl (C=O) groups is 1. The highest BCUT2D eigenvalue weighted by atomic mass is 16.5. The number of benzene rings is 1. The molecule has 0 amide bonds. The first-order valence-electron chi connectivity index (χ1n) is 6.05. The average molecular weight is 268 g/mol. The van der Waals surface area contributed by atoms with Gasteiger partial charge in [-0.05, 0) is 24.3 Å². The fourth-order valence-electron chi connectivity index (χ4n) is 2.18. The van der Waals surface area contributed by atoms with Gasteiger partial charge < -0.3 is 9.84 Å². The first-order valence-corrected chi connectivity index (χ1v) is 6.05. The molecule has 2 aromatic heterocycles. The van der Waals surface area contributed by atoms with Gasteiger partial charge in [-0.3, -0.25) is 4.40 Å². The normalized spacial score (nSPS) is 10.7. The van der Waals surface area contributed by atoms with Crippen molar-refractivity contribution in [1.82, 2.24) is 9.38 Å². The zero-order chi connectivity index (χ0) is 14.1. The number of carboxylic acids is 1. The molecule has 1 N–H and O–H groups in total. The van der Waals surface area contributed by atoms with Gasteiger partial charge in [0.1, 0.15) is 17.3 Å². The van der Waals surface area contributed by atoms with Crippen LogP contribution in [0.25, 0.3) is 16.9 Å². The Kier molecular flexibility index (Phi) is 2.87. The highest BCUT2D eigenvalue weighted by molar-refractivity contribution is 5.88. The SMILES string of the molecule is COc1cccc(-c2ncc3cccc(C(=O)O)n23)c1. The lowest BCUT2D eigenvalue weighted by Gasteiger charge is -2.06. The molecule has 3 rings (SSSR count). The largest absolute Gasteiger partial charge is 0.497 e. The molecule has 0 aliphatic carbocycles. The molecule has 0 bridgehead atoms. The number of rotatable bonds is 3. The minimum atomic E-state index is -0.988. The Morgan fingerprint density at radius 3 is 2.80 bits per heavy atom. The zero-order valence-electron chi connectivity index (χ0n) is 10.8. The number of carboxylic acid groups (broad SMARTS) is 1. The maximum atomic E-state index is 11.3. The summed E-state index contributed by atoms with van der Waals surface area (Å²) in [5.41, 5.74) is 1.72. The third-order valence-electron chi connectivity index (χ3n) is 3.10. The molecule has 0 atom stereocenters. The van der Waals surface area contributed by atoms with Gasteiger partial charge in [-0.1, -0.05) is 18.2 Å². The second kappa shape index (κ2) is 4.70. The Morgan fingerprint density at radius 1 is 1.25 bits per heavy atom. The third kappa shape index (κ3) is 1.89. The molecule has 0 spiro atoms. The molecule has 0 aliphatic rings. The predicted octanol–water partition coefficient (Wildman–Crippen LogP) is 2.71. The van der Waals surface area contributed by atoms with Gasteiger partial charge in [0.05, 0.1) is 18.8 Å². The summed E-state index contributed by atoms with van der Waals surface area (Å²) in [6.45, 7) is 0. The molecular formula is C15H12N2O3. The van der Waals surface area contributed by atoms with Crippen LogP contribution in [0, 0.1) is 0 Å². The molecular weight excluding hydrogens is 256 g/mol. The number of aromatic carboxylic acids is 1. The minimum absolute atomic E-state index is 0.179. The molecule has 0 saturated heterocycles. The number of fused-ring (bicyclic) bond motifs is 1. The molecule has 100 valence electrons. The molecule has 0 saturated carbocycles. The van der Waals surface area contributed by atoms with E-state index in [0.29, 0.717) is 11.6 Å². The van der Waals surface area contributed by atoms with E-state index in [0.717, 1.165) is 11.1 Å². The molecule has 0 unspecified atom stereocenters. The van der Waals surface area contributed by atoms with Crippen LogP contribution in [0.15, 0.2) is 48.7 Å². The van der Waals surface area contributed by atoms with Gasteiger partial charge >= 0.3 is 5.97 Å². The number of ether oxygens (including phenoxy) is 1. The van der Waals surface area contributed by atoms with E-state index in [9.17, 15) is 9.90 Å². The maximum absolute atomic E-state index is 11.3. The highest BCUT2D eigenvalue weighted by Gasteiger charge is 2.14. The van der Waals surface area contributed by atoms with Crippen molar-refractivity contribution in [2.75, 3.05) is 7.11 Å². The van der Waals surface area contributed by atoms with Crippen molar-refractivity contribution in [1.29, 1.82) is 0 Å². The summed E-state index contributed by atoms with van der Waals surface area (Å²) in [5.74, 6) is 0.293. The van der Waals surface area contributed by atoms with E-state index in [1.807, 2.05) is 30.3 Å². The van der Waals surface area contributed by atoms with Crippen molar-refractivity contribution in [3.63, 3.8) is 0 Å². The lowest BCUT2D eigenvalue weighted by atomic mass is 10.2. The average Bonchev–Trinajstić information content (AvgIpc) is 2.91. The van der Waals surface area contributed by atoms with E-state index in [2.05, 4.69) is 4.98 Å². The number of aromatic nitrogens is 2. The number of hydrogen-bond acceptors (Lipinski definition) is 3. The minimum Gasteiger partial charge on any atom is -0.497 e. The van der Waals surface area contributed by atoms with Crippen molar-refractivity contribution < 1.29 is 14.6 Å². The van der Waals surface area contributed by atoms with Crippen LogP contribution in [0.5, 0.6) is 5.75 Å². The summed E-state index contributed by atoms with van der Waals surface area (Å²) in [4.78, 5) is 15.7. The van der Waals surface area contributed by atoms with E-state index in [1.165, 1.54) is 0 Å². The van der Waals surface area contributed by atoms with Crippen LogP contribution in [0.1, 0.15) is 10.5 Å². The Balaban J connectivity index is 2.28. The summed E-state index contributed by atoms with van der Waals surface area (Å²) < 4.78 is 6.81. The molecule has 20 heavy (non-hydrogen) atoms. The second-order valence-electron chi connectivity index (χ2n) is 4.29. The number of methoxy groups -OCH3 is 1. The molecule has 0 aliphatic heterocycles. The van der Waals surface area contributed by atoms with E-state index in [4.69, 9.17) is 4.74 Å². The molecule has 1 aromatic carbocycles. The fraction of sp³-hybridized carbons (Fsp3) is 0.0667. The quantitative estimate of drug-likeness (QED) is 0.793. The van der Waals surface area contributed by atoms with Gasteiger partial charge in [0, 0.05) is 5.56 Å². The Bertz CT molecular complexity index is 793. The van der Waals surface area contributed by atoms with Crippen LogP contribution in [0.3, 0.4) is 0 Å². The standard InChI is InChI=1S/C15H12N2O3/c1-20-12-6-2-4-10(8-12)14-16-9-11-5-3-7-13(15(18)19)17(11)14/h2-9H,1H3,(H,18,19). The lowest BCUT2D eigenvalue weighted by molar-refractivity contribution is 0.0689. The molecule has 0 fully saturated rings. The van der Waals surface area contributed by atoms with Crippen molar-refractivity contribution in [3.05, 3.63) is 54.4 Å². The highest BCUT2D eigenvalue weighted by Crippen LogP contribution is 2.25. The molecule has 3 aromatic rings. The summed E-state index contributed by atoms with van der Waals surface area (Å²) in [6.07, 6.45) is 1.65. The van der Waals surface area contributed by atoms with Gasteiger partial charge in [0.25, 0.3) is 0 Å². The number of imidazole rings is 1. The summed E-state index contributed by atoms with van der Waals surface area (Å²) >= 11 is 0. The van der Waals surface area contributed by atoms with Crippen molar-refractivity contribution >= 4 is 11.5 Å². The van der Waals surface area contributed by atoms with Crippen LogP contribution in [-0.4, -0.2) is 27.6 Å². The molecule has 2 heterocycles. The van der Waals surface area contributed by atoms with Gasteiger partial charge in [-0.25, -0.2) is 9.78 Å². The van der Waals surface area contributed by atoms with Crippen LogP contribution >= 0.6 is 0 Å². The van der Waals surface area contributed by atoms with E-state index in [-0.39, 0.29) is 5.69 Å². The fourth-order valence-corrected chi connectivity index (χ4v) is 2.18. The van der Waals surface area contributed by atoms with Gasteiger partial charge in [-0.2, -0.15) is 0 Å². The summed E-state index contributed by atoms with van der Waals surface area (Å²) in [5, 5.41) is 9.30. The van der Waals surface area contributed by atoms with E-state index < -0.39 is 5.97 Å². The Hall–Kier alpha value is -2.82. The monoisotopic (exact) mass is 268 g/mol. The van der Waals surface area contributed by atoms with E-state index >= 15 is 0 Å².